The van der Waals surface area contributed by atoms with Gasteiger partial charge < -0.3 is 14.4 Å². The molecule has 9 heteroatoms. The third-order valence-corrected chi connectivity index (χ3v) is 6.27. The lowest BCUT2D eigenvalue weighted by atomic mass is 10.1. The topological polar surface area (TPSA) is 87.4 Å². The zero-order chi connectivity index (χ0) is 22.5. The molecule has 1 saturated heterocycles. The molecule has 1 aliphatic heterocycles. The van der Waals surface area contributed by atoms with Gasteiger partial charge in [0, 0.05) is 45.2 Å². The first-order valence-corrected chi connectivity index (χ1v) is 11.6. The molecule has 1 fully saturated rings. The number of aromatic nitrogens is 3. The SMILES string of the molecule is Cc1cc(CN2CCN(C(=O)CCCCCn3c(=S)[nH]c4ccccc4c3=O)CC2)on1. The quantitative estimate of drug-likeness (QED) is 0.414. The van der Waals surface area contributed by atoms with Gasteiger partial charge in [0.05, 0.1) is 23.1 Å². The summed E-state index contributed by atoms with van der Waals surface area (Å²) >= 11 is 5.36. The van der Waals surface area contributed by atoms with Crippen LogP contribution in [0.5, 0.6) is 0 Å². The van der Waals surface area contributed by atoms with Crippen LogP contribution in [-0.2, 0) is 17.9 Å². The number of hydrogen-bond acceptors (Lipinski definition) is 6. The molecule has 2 aromatic heterocycles. The van der Waals surface area contributed by atoms with Gasteiger partial charge in [-0.05, 0) is 44.1 Å². The maximum absolute atomic E-state index is 12.7. The van der Waals surface area contributed by atoms with Gasteiger partial charge in [-0.3, -0.25) is 19.1 Å². The van der Waals surface area contributed by atoms with Gasteiger partial charge in [0.15, 0.2) is 10.5 Å². The Bertz CT molecular complexity index is 1190. The Labute approximate surface area is 191 Å². The zero-order valence-electron chi connectivity index (χ0n) is 18.4. The minimum absolute atomic E-state index is 0.0567. The average molecular weight is 456 g/mol. The van der Waals surface area contributed by atoms with Crippen LogP contribution in [0.15, 0.2) is 39.6 Å². The van der Waals surface area contributed by atoms with Crippen LogP contribution >= 0.6 is 12.2 Å². The monoisotopic (exact) mass is 455 g/mol. The molecule has 1 aromatic carbocycles. The summed E-state index contributed by atoms with van der Waals surface area (Å²) in [4.78, 5) is 32.6. The lowest BCUT2D eigenvalue weighted by molar-refractivity contribution is -0.133. The van der Waals surface area contributed by atoms with Crippen LogP contribution in [0.3, 0.4) is 0 Å². The Morgan fingerprint density at radius 3 is 2.69 bits per heavy atom. The normalized spacial score (nSPS) is 14.8. The number of nitrogens with zero attached hydrogens (tertiary/aromatic N) is 4. The molecule has 0 spiro atoms. The van der Waals surface area contributed by atoms with Crippen molar-refractivity contribution in [3.63, 3.8) is 0 Å². The van der Waals surface area contributed by atoms with Gasteiger partial charge in [-0.1, -0.05) is 23.7 Å². The number of carbonyl (C=O) groups excluding carboxylic acids is 1. The largest absolute Gasteiger partial charge is 0.360 e. The van der Waals surface area contributed by atoms with E-state index < -0.39 is 0 Å². The third-order valence-electron chi connectivity index (χ3n) is 5.94. The van der Waals surface area contributed by atoms with Crippen molar-refractivity contribution in [2.75, 3.05) is 26.2 Å². The van der Waals surface area contributed by atoms with Crippen molar-refractivity contribution in [3.05, 3.63) is 56.9 Å². The van der Waals surface area contributed by atoms with Gasteiger partial charge in [0.25, 0.3) is 5.56 Å². The number of fused-ring (bicyclic) bond motifs is 1. The Balaban J connectivity index is 1.18. The summed E-state index contributed by atoms with van der Waals surface area (Å²) in [5.74, 6) is 1.08. The van der Waals surface area contributed by atoms with Gasteiger partial charge in [-0.25, -0.2) is 0 Å². The second-order valence-corrected chi connectivity index (χ2v) is 8.72. The molecule has 0 aliphatic carbocycles. The molecule has 1 aliphatic rings. The highest BCUT2D eigenvalue weighted by molar-refractivity contribution is 7.71. The summed E-state index contributed by atoms with van der Waals surface area (Å²) in [6, 6.07) is 9.36. The van der Waals surface area contributed by atoms with Gasteiger partial charge >= 0.3 is 0 Å². The molecular weight excluding hydrogens is 426 g/mol. The molecule has 170 valence electrons. The van der Waals surface area contributed by atoms with Crippen LogP contribution in [0.2, 0.25) is 0 Å². The predicted octanol–water partition coefficient (Wildman–Crippen LogP) is 3.26. The van der Waals surface area contributed by atoms with E-state index in [1.165, 1.54) is 0 Å². The summed E-state index contributed by atoms with van der Waals surface area (Å²) in [7, 11) is 0. The molecule has 0 bridgehead atoms. The first-order chi connectivity index (χ1) is 15.5. The van der Waals surface area contributed by atoms with E-state index in [2.05, 4.69) is 15.0 Å². The van der Waals surface area contributed by atoms with Crippen LogP contribution in [-0.4, -0.2) is 56.6 Å². The summed E-state index contributed by atoms with van der Waals surface area (Å²) in [6.45, 7) is 6.38. The van der Waals surface area contributed by atoms with Crippen LogP contribution in [0.4, 0.5) is 0 Å². The highest BCUT2D eigenvalue weighted by atomic mass is 32.1. The Morgan fingerprint density at radius 2 is 1.94 bits per heavy atom. The maximum atomic E-state index is 12.7. The highest BCUT2D eigenvalue weighted by Gasteiger charge is 2.21. The molecule has 32 heavy (non-hydrogen) atoms. The Hall–Kier alpha value is -2.78. The number of hydrogen-bond donors (Lipinski definition) is 1. The van der Waals surface area contributed by atoms with Crippen molar-refractivity contribution in [3.8, 4) is 0 Å². The number of aromatic amines is 1. The predicted molar refractivity (Wildman–Crippen MR) is 125 cm³/mol. The van der Waals surface area contributed by atoms with Gasteiger partial charge in [0.1, 0.15) is 0 Å². The van der Waals surface area contributed by atoms with E-state index in [0.717, 1.165) is 69.0 Å². The fourth-order valence-corrected chi connectivity index (χ4v) is 4.43. The molecular formula is C23H29N5O3S. The molecule has 1 amide bonds. The number of nitrogens with one attached hydrogen (secondary N) is 1. The Kier molecular flexibility index (Phi) is 7.16. The lowest BCUT2D eigenvalue weighted by Gasteiger charge is -2.34. The number of piperazine rings is 1. The fourth-order valence-electron chi connectivity index (χ4n) is 4.15. The standard InChI is InChI=1S/C23H29N5O3S/c1-17-15-18(31-25-17)16-26-11-13-27(14-12-26)21(29)9-3-2-6-10-28-22(30)19-7-4-5-8-20(19)24-23(28)32/h4-5,7-8,15H,2-3,6,9-14,16H2,1H3,(H,24,32). The lowest BCUT2D eigenvalue weighted by Crippen LogP contribution is -2.48. The van der Waals surface area contributed by atoms with E-state index in [1.807, 2.05) is 42.2 Å². The van der Waals surface area contributed by atoms with E-state index in [1.54, 1.807) is 4.57 Å². The zero-order valence-corrected chi connectivity index (χ0v) is 19.2. The van der Waals surface area contributed by atoms with Crippen molar-refractivity contribution in [1.29, 1.82) is 0 Å². The van der Waals surface area contributed by atoms with Crippen LogP contribution in [0.1, 0.15) is 37.1 Å². The van der Waals surface area contributed by atoms with Gasteiger partial charge in [0.2, 0.25) is 5.91 Å². The summed E-state index contributed by atoms with van der Waals surface area (Å²) < 4.78 is 7.35. The Morgan fingerprint density at radius 1 is 1.16 bits per heavy atom. The molecule has 8 nitrogen and oxygen atoms in total. The van der Waals surface area contributed by atoms with Gasteiger partial charge in [-0.15, -0.1) is 0 Å². The third kappa shape index (κ3) is 5.34. The summed E-state index contributed by atoms with van der Waals surface area (Å²) in [5.41, 5.74) is 1.60. The number of para-hydroxylation sites is 1. The number of unbranched alkanes of at least 4 members (excludes halogenated alkanes) is 2. The fraction of sp³-hybridized carbons (Fsp3) is 0.478. The number of aryl methyl sites for hydroxylation is 1. The average Bonchev–Trinajstić information content (AvgIpc) is 3.20. The number of H-pyrrole nitrogens is 1. The summed E-state index contributed by atoms with van der Waals surface area (Å²) in [5, 5.41) is 4.57. The maximum Gasteiger partial charge on any atom is 0.262 e. The number of amides is 1. The number of carbonyl (C=O) groups is 1. The van der Waals surface area contributed by atoms with Crippen LogP contribution in [0.25, 0.3) is 10.9 Å². The van der Waals surface area contributed by atoms with E-state index in [0.29, 0.717) is 23.1 Å². The second kappa shape index (κ2) is 10.2. The van der Waals surface area contributed by atoms with E-state index in [-0.39, 0.29) is 11.5 Å². The summed E-state index contributed by atoms with van der Waals surface area (Å²) in [6.07, 6.45) is 3.05. The van der Waals surface area contributed by atoms with Crippen LogP contribution in [0, 0.1) is 11.7 Å². The molecule has 0 saturated carbocycles. The van der Waals surface area contributed by atoms with E-state index in [9.17, 15) is 9.59 Å². The molecule has 0 radical (unpaired) electrons. The van der Waals surface area contributed by atoms with Crippen molar-refractivity contribution >= 4 is 29.0 Å². The molecule has 0 atom stereocenters. The van der Waals surface area contributed by atoms with Crippen molar-refractivity contribution < 1.29 is 9.32 Å². The smallest absolute Gasteiger partial charge is 0.262 e. The highest BCUT2D eigenvalue weighted by Crippen LogP contribution is 2.12. The molecule has 0 unspecified atom stereocenters. The molecule has 3 aromatic rings. The van der Waals surface area contributed by atoms with Crippen LogP contribution < -0.4 is 5.56 Å². The van der Waals surface area contributed by atoms with Crippen molar-refractivity contribution in [2.24, 2.45) is 0 Å². The number of rotatable bonds is 8. The first kappa shape index (κ1) is 22.4. The van der Waals surface area contributed by atoms with E-state index >= 15 is 0 Å². The molecule has 1 N–H and O–H groups in total. The number of benzene rings is 1. The minimum Gasteiger partial charge on any atom is -0.360 e. The molecule has 3 heterocycles. The van der Waals surface area contributed by atoms with Crippen molar-refractivity contribution in [1.82, 2.24) is 24.5 Å². The first-order valence-electron chi connectivity index (χ1n) is 11.2. The van der Waals surface area contributed by atoms with Crippen molar-refractivity contribution in [2.45, 2.75) is 45.7 Å². The van der Waals surface area contributed by atoms with Gasteiger partial charge in [-0.2, -0.15) is 0 Å². The van der Waals surface area contributed by atoms with E-state index in [4.69, 9.17) is 16.7 Å². The minimum atomic E-state index is -0.0567. The second-order valence-electron chi connectivity index (χ2n) is 8.33. The molecule has 4 rings (SSSR count).